The van der Waals surface area contributed by atoms with Gasteiger partial charge in [0.05, 0.1) is 11.6 Å². The number of benzene rings is 3. The van der Waals surface area contributed by atoms with E-state index in [0.29, 0.717) is 12.0 Å². The molecule has 2 unspecified atom stereocenters. The predicted octanol–water partition coefficient (Wildman–Crippen LogP) is 4.22. The van der Waals surface area contributed by atoms with E-state index in [-0.39, 0.29) is 48.3 Å². The van der Waals surface area contributed by atoms with Crippen molar-refractivity contribution in [1.29, 1.82) is 5.26 Å². The minimum Gasteiger partial charge on any atom is -0.405 e. The molecule has 1 aliphatic heterocycles. The number of likely N-dealkylation sites (tertiary alicyclic amines) is 1. The summed E-state index contributed by atoms with van der Waals surface area (Å²) in [5.41, 5.74) is 6.73. The van der Waals surface area contributed by atoms with Crippen LogP contribution in [0.5, 0.6) is 5.75 Å². The lowest BCUT2D eigenvalue weighted by atomic mass is 9.85. The molecule has 11 heteroatoms. The highest BCUT2D eigenvalue weighted by molar-refractivity contribution is 6.34. The summed E-state index contributed by atoms with van der Waals surface area (Å²) in [5, 5.41) is 12.3. The standard InChI is InChI=1S/C28H24F4N4O3/c29-23-12-17(14-33)6-8-21(23)19-7-9-25(39-28(30,31)32)20(13-19)15-35-24-10-11-36(27(38)26(34)37)16-22(24)18-4-2-1-3-5-18/h1-9,12-13,22,24,35H,10-11,15-16H2,(H2,34,37). The van der Waals surface area contributed by atoms with Gasteiger partial charge in [-0.25, -0.2) is 4.39 Å². The Balaban J connectivity index is 1.63. The first-order chi connectivity index (χ1) is 18.6. The third-order valence-electron chi connectivity index (χ3n) is 6.59. The summed E-state index contributed by atoms with van der Waals surface area (Å²) in [7, 11) is 0. The van der Waals surface area contributed by atoms with Crippen LogP contribution in [0.25, 0.3) is 11.1 Å². The minimum atomic E-state index is -4.94. The molecule has 1 saturated heterocycles. The number of nitrogens with zero attached hydrogens (tertiary/aromatic N) is 2. The van der Waals surface area contributed by atoms with E-state index in [9.17, 15) is 27.2 Å². The van der Waals surface area contributed by atoms with Crippen LogP contribution in [0.1, 0.15) is 29.0 Å². The molecule has 3 aromatic rings. The van der Waals surface area contributed by atoms with E-state index < -0.39 is 29.7 Å². The lowest BCUT2D eigenvalue weighted by Gasteiger charge is -2.39. The summed E-state index contributed by atoms with van der Waals surface area (Å²) >= 11 is 0. The molecule has 4 rings (SSSR count). The maximum atomic E-state index is 14.7. The van der Waals surface area contributed by atoms with Crippen molar-refractivity contribution in [3.63, 3.8) is 0 Å². The molecule has 0 aromatic heterocycles. The molecule has 1 fully saturated rings. The largest absolute Gasteiger partial charge is 0.573 e. The molecule has 3 aromatic carbocycles. The van der Waals surface area contributed by atoms with Crippen LogP contribution in [0.3, 0.4) is 0 Å². The number of hydrogen-bond acceptors (Lipinski definition) is 5. The molecule has 202 valence electrons. The molecule has 2 atom stereocenters. The van der Waals surface area contributed by atoms with E-state index in [1.807, 2.05) is 36.4 Å². The molecule has 0 bridgehead atoms. The molecular formula is C28H24F4N4O3. The molecular weight excluding hydrogens is 516 g/mol. The summed E-state index contributed by atoms with van der Waals surface area (Å²) in [6.45, 7) is 0.353. The number of ether oxygens (including phenoxy) is 1. The van der Waals surface area contributed by atoms with Crippen LogP contribution >= 0.6 is 0 Å². The average Bonchev–Trinajstić information content (AvgIpc) is 2.91. The van der Waals surface area contributed by atoms with Gasteiger partial charge in [0.1, 0.15) is 11.6 Å². The number of nitriles is 1. The Morgan fingerprint density at radius 1 is 1.10 bits per heavy atom. The first-order valence-electron chi connectivity index (χ1n) is 12.0. The molecule has 1 aliphatic rings. The van der Waals surface area contributed by atoms with Crippen LogP contribution in [0, 0.1) is 17.1 Å². The summed E-state index contributed by atoms with van der Waals surface area (Å²) < 4.78 is 58.3. The van der Waals surface area contributed by atoms with E-state index in [0.717, 1.165) is 17.7 Å². The zero-order chi connectivity index (χ0) is 28.2. The average molecular weight is 541 g/mol. The van der Waals surface area contributed by atoms with E-state index in [4.69, 9.17) is 11.0 Å². The van der Waals surface area contributed by atoms with Crippen molar-refractivity contribution in [3.05, 3.63) is 89.2 Å². The quantitative estimate of drug-likeness (QED) is 0.360. The number of piperidine rings is 1. The van der Waals surface area contributed by atoms with Gasteiger partial charge in [-0.15, -0.1) is 13.2 Å². The lowest BCUT2D eigenvalue weighted by Crippen LogP contribution is -2.52. The van der Waals surface area contributed by atoms with Gasteiger partial charge >= 0.3 is 18.2 Å². The van der Waals surface area contributed by atoms with Crippen molar-refractivity contribution >= 4 is 11.8 Å². The first-order valence-corrected chi connectivity index (χ1v) is 12.0. The topological polar surface area (TPSA) is 108 Å². The van der Waals surface area contributed by atoms with Gasteiger partial charge in [0.25, 0.3) is 0 Å². The normalized spacial score (nSPS) is 17.4. The van der Waals surface area contributed by atoms with Crippen LogP contribution < -0.4 is 15.8 Å². The van der Waals surface area contributed by atoms with Crippen molar-refractivity contribution in [2.24, 2.45) is 5.73 Å². The van der Waals surface area contributed by atoms with Crippen molar-refractivity contribution in [2.45, 2.75) is 31.3 Å². The van der Waals surface area contributed by atoms with Crippen LogP contribution in [-0.4, -0.2) is 42.2 Å². The summed E-state index contributed by atoms with van der Waals surface area (Å²) in [4.78, 5) is 25.1. The van der Waals surface area contributed by atoms with Gasteiger partial charge in [-0.1, -0.05) is 42.5 Å². The van der Waals surface area contributed by atoms with Gasteiger partial charge in [0, 0.05) is 42.7 Å². The highest BCUT2D eigenvalue weighted by Crippen LogP contribution is 2.33. The Morgan fingerprint density at radius 3 is 2.49 bits per heavy atom. The Labute approximate surface area is 221 Å². The number of amides is 2. The van der Waals surface area contributed by atoms with E-state index in [1.54, 1.807) is 0 Å². The van der Waals surface area contributed by atoms with Gasteiger partial charge in [-0.05, 0) is 41.8 Å². The van der Waals surface area contributed by atoms with Gasteiger partial charge in [0.15, 0.2) is 0 Å². The second-order valence-corrected chi connectivity index (χ2v) is 9.09. The van der Waals surface area contributed by atoms with Crippen LogP contribution in [0.4, 0.5) is 17.6 Å². The molecule has 1 heterocycles. The fourth-order valence-corrected chi connectivity index (χ4v) is 4.74. The van der Waals surface area contributed by atoms with E-state index in [2.05, 4.69) is 10.1 Å². The second-order valence-electron chi connectivity index (χ2n) is 9.09. The number of carbonyl (C=O) groups is 2. The number of nitrogens with one attached hydrogen (secondary N) is 1. The highest BCUT2D eigenvalue weighted by Gasteiger charge is 2.35. The van der Waals surface area contributed by atoms with Gasteiger partial charge in [0.2, 0.25) is 0 Å². The Bertz CT molecular complexity index is 1410. The summed E-state index contributed by atoms with van der Waals surface area (Å²) in [6, 6.07) is 18.5. The Morgan fingerprint density at radius 2 is 1.85 bits per heavy atom. The third kappa shape index (κ3) is 6.72. The third-order valence-corrected chi connectivity index (χ3v) is 6.59. The predicted molar refractivity (Wildman–Crippen MR) is 133 cm³/mol. The second kappa shape index (κ2) is 11.5. The molecule has 0 aliphatic carbocycles. The van der Waals surface area contributed by atoms with Crippen LogP contribution in [-0.2, 0) is 16.1 Å². The van der Waals surface area contributed by atoms with Crippen LogP contribution in [0.15, 0.2) is 66.7 Å². The van der Waals surface area contributed by atoms with Crippen molar-refractivity contribution in [3.8, 4) is 22.9 Å². The van der Waals surface area contributed by atoms with E-state index in [1.165, 1.54) is 29.2 Å². The highest BCUT2D eigenvalue weighted by atomic mass is 19.4. The maximum Gasteiger partial charge on any atom is 0.573 e. The zero-order valence-electron chi connectivity index (χ0n) is 20.5. The number of carbonyl (C=O) groups excluding carboxylic acids is 2. The number of nitrogens with two attached hydrogens (primary N) is 1. The molecule has 2 amide bonds. The molecule has 39 heavy (non-hydrogen) atoms. The maximum absolute atomic E-state index is 14.7. The molecule has 7 nitrogen and oxygen atoms in total. The van der Waals surface area contributed by atoms with Gasteiger partial charge in [-0.3, -0.25) is 9.59 Å². The van der Waals surface area contributed by atoms with Crippen molar-refractivity contribution < 1.29 is 31.9 Å². The van der Waals surface area contributed by atoms with Crippen molar-refractivity contribution in [1.82, 2.24) is 10.2 Å². The number of halogens is 4. The Kier molecular flexibility index (Phi) is 8.16. The first kappa shape index (κ1) is 27.6. The molecule has 3 N–H and O–H groups in total. The monoisotopic (exact) mass is 540 g/mol. The van der Waals surface area contributed by atoms with E-state index >= 15 is 0 Å². The Hall–Kier alpha value is -4.43. The number of hydrogen-bond donors (Lipinski definition) is 2. The SMILES string of the molecule is N#Cc1ccc(-c2ccc(OC(F)(F)F)c(CNC3CCN(C(=O)C(N)=O)CC3c3ccccc3)c2)c(F)c1. The number of rotatable bonds is 6. The minimum absolute atomic E-state index is 0.0606. The zero-order valence-corrected chi connectivity index (χ0v) is 20.5. The molecule has 0 saturated carbocycles. The lowest BCUT2D eigenvalue weighted by molar-refractivity contribution is -0.274. The number of alkyl halides is 3. The fraction of sp³-hybridized carbons (Fsp3) is 0.250. The van der Waals surface area contributed by atoms with Crippen molar-refractivity contribution in [2.75, 3.05) is 13.1 Å². The van der Waals surface area contributed by atoms with Gasteiger partial charge < -0.3 is 20.7 Å². The van der Waals surface area contributed by atoms with Crippen LogP contribution in [0.2, 0.25) is 0 Å². The summed E-state index contributed by atoms with van der Waals surface area (Å²) in [5.74, 6) is -3.27. The molecule has 0 radical (unpaired) electrons. The number of primary amides is 1. The summed E-state index contributed by atoms with van der Waals surface area (Å²) in [6.07, 6.45) is -4.54. The van der Waals surface area contributed by atoms with Gasteiger partial charge in [-0.2, -0.15) is 5.26 Å². The fourth-order valence-electron chi connectivity index (χ4n) is 4.74. The smallest absolute Gasteiger partial charge is 0.405 e. The molecule has 0 spiro atoms.